The molecule has 33 heavy (non-hydrogen) atoms. The molecule has 0 saturated carbocycles. The van der Waals surface area contributed by atoms with Crippen LogP contribution in [0.3, 0.4) is 0 Å². The predicted molar refractivity (Wildman–Crippen MR) is 139 cm³/mol. The fourth-order valence-corrected chi connectivity index (χ4v) is 3.78. The number of carbonyl (C=O) groups is 1. The molecule has 0 spiro atoms. The first-order chi connectivity index (χ1) is 15.9. The Morgan fingerprint density at radius 2 is 1.36 bits per heavy atom. The lowest BCUT2D eigenvalue weighted by Gasteiger charge is -2.12. The van der Waals surface area contributed by atoms with E-state index in [1.165, 1.54) is 22.3 Å². The summed E-state index contributed by atoms with van der Waals surface area (Å²) in [5.41, 5.74) is 16.2. The van der Waals surface area contributed by atoms with Gasteiger partial charge in [0, 0.05) is 17.8 Å². The number of hydrogen-bond acceptors (Lipinski definition) is 3. The number of rotatable bonds is 6. The molecule has 0 aliphatic heterocycles. The zero-order valence-electron chi connectivity index (χ0n) is 19.3. The van der Waals surface area contributed by atoms with Crippen molar-refractivity contribution in [3.8, 4) is 11.1 Å². The molecule has 4 aromatic rings. The SMILES string of the molecule is Cc1cc(NCc2ccc(-c3ccc(C(=O)Nc4ccccc4N)cc3)cc2)cc(C)c1C. The zero-order chi connectivity index (χ0) is 23.4. The predicted octanol–water partition coefficient (Wildman–Crippen LogP) is 6.73. The van der Waals surface area contributed by atoms with Gasteiger partial charge in [0.05, 0.1) is 11.4 Å². The number of nitrogens with two attached hydrogens (primary N) is 1. The van der Waals surface area contributed by atoms with Crippen LogP contribution in [0.1, 0.15) is 32.6 Å². The van der Waals surface area contributed by atoms with Crippen molar-refractivity contribution in [2.24, 2.45) is 0 Å². The summed E-state index contributed by atoms with van der Waals surface area (Å²) in [4.78, 5) is 12.5. The van der Waals surface area contributed by atoms with Gasteiger partial charge in [0.25, 0.3) is 5.91 Å². The smallest absolute Gasteiger partial charge is 0.255 e. The molecular weight excluding hydrogens is 406 g/mol. The number of amides is 1. The highest BCUT2D eigenvalue weighted by Gasteiger charge is 2.08. The van der Waals surface area contributed by atoms with Gasteiger partial charge in [0.2, 0.25) is 0 Å². The van der Waals surface area contributed by atoms with E-state index in [0.29, 0.717) is 16.9 Å². The van der Waals surface area contributed by atoms with Crippen molar-refractivity contribution < 1.29 is 4.79 Å². The molecule has 0 aliphatic rings. The third-order valence-corrected chi connectivity index (χ3v) is 6.07. The molecular formula is C29H29N3O. The zero-order valence-corrected chi connectivity index (χ0v) is 19.3. The third-order valence-electron chi connectivity index (χ3n) is 6.07. The molecule has 0 aromatic heterocycles. The molecule has 166 valence electrons. The van der Waals surface area contributed by atoms with Crippen LogP contribution in [0.25, 0.3) is 11.1 Å². The van der Waals surface area contributed by atoms with E-state index in [0.717, 1.165) is 23.4 Å². The largest absolute Gasteiger partial charge is 0.397 e. The highest BCUT2D eigenvalue weighted by molar-refractivity contribution is 6.05. The Kier molecular flexibility index (Phi) is 6.45. The first-order valence-corrected chi connectivity index (χ1v) is 11.1. The van der Waals surface area contributed by atoms with Gasteiger partial charge in [-0.25, -0.2) is 0 Å². The van der Waals surface area contributed by atoms with Crippen molar-refractivity contribution in [1.82, 2.24) is 0 Å². The molecule has 0 aliphatic carbocycles. The molecule has 4 aromatic carbocycles. The van der Waals surface area contributed by atoms with Crippen molar-refractivity contribution >= 4 is 23.0 Å². The average Bonchev–Trinajstić information content (AvgIpc) is 2.83. The molecule has 0 radical (unpaired) electrons. The Hall–Kier alpha value is -4.05. The maximum atomic E-state index is 12.5. The topological polar surface area (TPSA) is 67.2 Å². The van der Waals surface area contributed by atoms with Gasteiger partial charge in [-0.15, -0.1) is 0 Å². The Morgan fingerprint density at radius 3 is 1.97 bits per heavy atom. The van der Waals surface area contributed by atoms with Gasteiger partial charge < -0.3 is 16.4 Å². The molecule has 0 heterocycles. The molecule has 0 unspecified atom stereocenters. The Balaban J connectivity index is 1.39. The van der Waals surface area contributed by atoms with Gasteiger partial charge in [-0.3, -0.25) is 4.79 Å². The Labute approximate surface area is 195 Å². The van der Waals surface area contributed by atoms with E-state index in [1.807, 2.05) is 36.4 Å². The number of nitrogen functional groups attached to an aromatic ring is 1. The Morgan fingerprint density at radius 1 is 0.788 bits per heavy atom. The van der Waals surface area contributed by atoms with Crippen molar-refractivity contribution in [2.75, 3.05) is 16.4 Å². The summed E-state index contributed by atoms with van der Waals surface area (Å²) in [6.07, 6.45) is 0. The lowest BCUT2D eigenvalue weighted by atomic mass is 10.0. The van der Waals surface area contributed by atoms with E-state index in [1.54, 1.807) is 12.1 Å². The Bertz CT molecular complexity index is 1250. The van der Waals surface area contributed by atoms with E-state index in [2.05, 4.69) is 67.8 Å². The number of hydrogen-bond donors (Lipinski definition) is 3. The van der Waals surface area contributed by atoms with Crippen LogP contribution < -0.4 is 16.4 Å². The number of benzene rings is 4. The summed E-state index contributed by atoms with van der Waals surface area (Å²) in [6.45, 7) is 7.22. The minimum Gasteiger partial charge on any atom is -0.397 e. The number of anilines is 3. The van der Waals surface area contributed by atoms with Crippen LogP contribution in [0.5, 0.6) is 0 Å². The number of carbonyl (C=O) groups excluding carboxylic acids is 1. The van der Waals surface area contributed by atoms with E-state index >= 15 is 0 Å². The summed E-state index contributed by atoms with van der Waals surface area (Å²) in [6, 6.07) is 27.7. The fraction of sp³-hybridized carbons (Fsp3) is 0.138. The molecule has 0 atom stereocenters. The van der Waals surface area contributed by atoms with Crippen LogP contribution in [0.15, 0.2) is 84.9 Å². The maximum Gasteiger partial charge on any atom is 0.255 e. The second-order valence-electron chi connectivity index (χ2n) is 8.40. The fourth-order valence-electron chi connectivity index (χ4n) is 3.78. The van der Waals surface area contributed by atoms with Crippen LogP contribution >= 0.6 is 0 Å². The molecule has 4 rings (SSSR count). The average molecular weight is 436 g/mol. The van der Waals surface area contributed by atoms with Gasteiger partial charge in [0.1, 0.15) is 0 Å². The lowest BCUT2D eigenvalue weighted by molar-refractivity contribution is 0.102. The number of aryl methyl sites for hydroxylation is 2. The van der Waals surface area contributed by atoms with Crippen LogP contribution in [-0.4, -0.2) is 5.91 Å². The first kappa shape index (κ1) is 22.2. The second-order valence-corrected chi connectivity index (χ2v) is 8.40. The van der Waals surface area contributed by atoms with E-state index in [9.17, 15) is 4.79 Å². The summed E-state index contributed by atoms with van der Waals surface area (Å²) in [7, 11) is 0. The van der Waals surface area contributed by atoms with E-state index in [4.69, 9.17) is 5.73 Å². The second kappa shape index (κ2) is 9.61. The van der Waals surface area contributed by atoms with Gasteiger partial charge in [0.15, 0.2) is 0 Å². The quantitative estimate of drug-likeness (QED) is 0.294. The molecule has 1 amide bonds. The molecule has 0 fully saturated rings. The highest BCUT2D eigenvalue weighted by Crippen LogP contribution is 2.23. The van der Waals surface area contributed by atoms with Crippen molar-refractivity contribution in [2.45, 2.75) is 27.3 Å². The molecule has 4 N–H and O–H groups in total. The van der Waals surface area contributed by atoms with E-state index < -0.39 is 0 Å². The number of para-hydroxylation sites is 2. The highest BCUT2D eigenvalue weighted by atomic mass is 16.1. The monoisotopic (exact) mass is 435 g/mol. The molecule has 4 heteroatoms. The summed E-state index contributed by atoms with van der Waals surface area (Å²) < 4.78 is 0. The van der Waals surface area contributed by atoms with Crippen molar-refractivity contribution in [1.29, 1.82) is 0 Å². The first-order valence-electron chi connectivity index (χ1n) is 11.1. The molecule has 0 saturated heterocycles. The summed E-state index contributed by atoms with van der Waals surface area (Å²) in [5, 5.41) is 6.38. The maximum absolute atomic E-state index is 12.5. The van der Waals surface area contributed by atoms with Crippen molar-refractivity contribution in [3.63, 3.8) is 0 Å². The normalized spacial score (nSPS) is 10.6. The minimum absolute atomic E-state index is 0.178. The molecule has 0 bridgehead atoms. The van der Waals surface area contributed by atoms with Gasteiger partial charge in [-0.2, -0.15) is 0 Å². The van der Waals surface area contributed by atoms with Crippen LogP contribution in [-0.2, 0) is 6.54 Å². The van der Waals surface area contributed by atoms with E-state index in [-0.39, 0.29) is 5.91 Å². The van der Waals surface area contributed by atoms with Gasteiger partial charge >= 0.3 is 0 Å². The minimum atomic E-state index is -0.178. The van der Waals surface area contributed by atoms with Gasteiger partial charge in [-0.05, 0) is 90.6 Å². The lowest BCUT2D eigenvalue weighted by Crippen LogP contribution is -2.12. The van der Waals surface area contributed by atoms with Crippen LogP contribution in [0.2, 0.25) is 0 Å². The summed E-state index contributed by atoms with van der Waals surface area (Å²) >= 11 is 0. The standard InChI is InChI=1S/C29H29N3O/c1-19-16-26(17-20(2)21(19)3)31-18-22-8-10-23(11-9-22)24-12-14-25(15-13-24)29(33)32-28-7-5-4-6-27(28)30/h4-17,31H,18,30H2,1-3H3,(H,32,33). The van der Waals surface area contributed by atoms with Crippen molar-refractivity contribution in [3.05, 3.63) is 113 Å². The summed E-state index contributed by atoms with van der Waals surface area (Å²) in [5.74, 6) is -0.178. The van der Waals surface area contributed by atoms with Gasteiger partial charge in [-0.1, -0.05) is 48.5 Å². The molecule has 4 nitrogen and oxygen atoms in total. The van der Waals surface area contributed by atoms with Crippen LogP contribution in [0, 0.1) is 20.8 Å². The third kappa shape index (κ3) is 5.24. The number of nitrogens with one attached hydrogen (secondary N) is 2. The van der Waals surface area contributed by atoms with Crippen LogP contribution in [0.4, 0.5) is 17.1 Å².